The van der Waals surface area contributed by atoms with Gasteiger partial charge in [-0.25, -0.2) is 0 Å². The molecule has 0 saturated carbocycles. The second-order valence-corrected chi connectivity index (χ2v) is 8.16. The summed E-state index contributed by atoms with van der Waals surface area (Å²) in [5, 5.41) is 12.3. The van der Waals surface area contributed by atoms with Crippen molar-refractivity contribution < 1.29 is 22.9 Å². The Kier molecular flexibility index (Phi) is 8.73. The number of hydrogen-bond donors (Lipinski definition) is 3. The number of benzene rings is 3. The summed E-state index contributed by atoms with van der Waals surface area (Å²) in [5.41, 5.74) is 3.06. The van der Waals surface area contributed by atoms with Gasteiger partial charge in [-0.2, -0.15) is 8.42 Å². The Morgan fingerprint density at radius 1 is 0.867 bits per heavy atom. The molecular weight excluding hydrogens is 402 g/mol. The van der Waals surface area contributed by atoms with E-state index in [-0.39, 0.29) is 4.90 Å². The summed E-state index contributed by atoms with van der Waals surface area (Å²) >= 11 is 0. The molecule has 158 valence electrons. The van der Waals surface area contributed by atoms with E-state index in [2.05, 4.69) is 5.32 Å². The first-order chi connectivity index (χ1) is 14.3. The Hall–Kier alpha value is -3.00. The van der Waals surface area contributed by atoms with Gasteiger partial charge in [0.15, 0.2) is 0 Å². The van der Waals surface area contributed by atoms with Crippen LogP contribution in [0, 0.1) is 6.92 Å². The summed E-state index contributed by atoms with van der Waals surface area (Å²) in [6.45, 7) is 2.40. The number of carboxylic acids is 1. The van der Waals surface area contributed by atoms with Crippen molar-refractivity contribution in [3.63, 3.8) is 0 Å². The quantitative estimate of drug-likeness (QED) is 0.497. The number of aliphatic carboxylic acids is 1. The van der Waals surface area contributed by atoms with E-state index in [4.69, 9.17) is 4.55 Å². The first-order valence-electron chi connectivity index (χ1n) is 9.34. The molecule has 3 rings (SSSR count). The van der Waals surface area contributed by atoms with Gasteiger partial charge in [0.2, 0.25) is 0 Å². The molecule has 0 saturated heterocycles. The van der Waals surface area contributed by atoms with E-state index in [1.807, 2.05) is 67.6 Å². The summed E-state index contributed by atoms with van der Waals surface area (Å²) in [6.07, 6.45) is 0.489. The molecule has 0 unspecified atom stereocenters. The first-order valence-corrected chi connectivity index (χ1v) is 10.8. The third kappa shape index (κ3) is 8.16. The average molecular weight is 428 g/mol. The number of nitrogens with one attached hydrogen (secondary N) is 1. The Morgan fingerprint density at radius 3 is 1.83 bits per heavy atom. The molecule has 1 atom stereocenters. The number of rotatable bonds is 7. The lowest BCUT2D eigenvalue weighted by atomic mass is 10.1. The van der Waals surface area contributed by atoms with E-state index in [1.165, 1.54) is 12.1 Å². The molecule has 7 heteroatoms. The van der Waals surface area contributed by atoms with Gasteiger partial charge < -0.3 is 10.4 Å². The van der Waals surface area contributed by atoms with Crippen molar-refractivity contribution in [2.45, 2.75) is 30.8 Å². The maximum absolute atomic E-state index is 11.3. The van der Waals surface area contributed by atoms with E-state index in [9.17, 15) is 18.3 Å². The van der Waals surface area contributed by atoms with Crippen LogP contribution in [0.3, 0.4) is 0 Å². The third-order valence-corrected chi connectivity index (χ3v) is 5.16. The summed E-state index contributed by atoms with van der Waals surface area (Å²) in [4.78, 5) is 11.2. The van der Waals surface area contributed by atoms with Gasteiger partial charge in [-0.15, -0.1) is 0 Å². The smallest absolute Gasteiger partial charge is 0.321 e. The second kappa shape index (κ2) is 11.3. The van der Waals surface area contributed by atoms with Gasteiger partial charge in [-0.05, 0) is 36.6 Å². The van der Waals surface area contributed by atoms with Gasteiger partial charge in [-0.3, -0.25) is 9.35 Å². The van der Waals surface area contributed by atoms with Gasteiger partial charge in [0, 0.05) is 6.54 Å². The number of hydrogen-bond acceptors (Lipinski definition) is 4. The van der Waals surface area contributed by atoms with Crippen LogP contribution in [-0.2, 0) is 27.9 Å². The molecule has 3 N–H and O–H groups in total. The van der Waals surface area contributed by atoms with Crippen LogP contribution in [0.2, 0.25) is 0 Å². The lowest BCUT2D eigenvalue weighted by Crippen LogP contribution is -2.38. The standard InChI is InChI=1S/C16H17NO2.C7H8O3S/c18-16(19)15(11-13-7-3-1-4-8-13)17-12-14-9-5-2-6-10-14;1-6-2-4-7(5-3-6)11(8,9)10/h1-10,15,17H,11-12H2,(H,18,19);2-5H,1H3,(H,8,9,10)/t15-;/m1./s1. The van der Waals surface area contributed by atoms with Crippen LogP contribution in [-0.4, -0.2) is 30.1 Å². The molecule has 3 aromatic carbocycles. The van der Waals surface area contributed by atoms with Crippen LogP contribution in [0.25, 0.3) is 0 Å². The Morgan fingerprint density at radius 2 is 1.37 bits per heavy atom. The summed E-state index contributed by atoms with van der Waals surface area (Å²) < 4.78 is 29.6. The van der Waals surface area contributed by atoms with E-state index in [1.54, 1.807) is 12.1 Å². The number of aryl methyl sites for hydroxylation is 1. The highest BCUT2D eigenvalue weighted by atomic mass is 32.2. The first kappa shape index (κ1) is 23.3. The van der Waals surface area contributed by atoms with Crippen LogP contribution in [0.1, 0.15) is 16.7 Å². The molecule has 0 spiro atoms. The van der Waals surface area contributed by atoms with E-state index in [0.29, 0.717) is 13.0 Å². The van der Waals surface area contributed by atoms with Gasteiger partial charge in [0.1, 0.15) is 6.04 Å². The van der Waals surface area contributed by atoms with Crippen molar-refractivity contribution in [3.8, 4) is 0 Å². The van der Waals surface area contributed by atoms with Crippen molar-refractivity contribution in [2.75, 3.05) is 0 Å². The van der Waals surface area contributed by atoms with E-state index < -0.39 is 22.1 Å². The largest absolute Gasteiger partial charge is 0.480 e. The van der Waals surface area contributed by atoms with Crippen LogP contribution in [0.4, 0.5) is 0 Å². The molecular formula is C23H25NO5S. The van der Waals surface area contributed by atoms with Crippen molar-refractivity contribution in [1.29, 1.82) is 0 Å². The Balaban J connectivity index is 0.000000248. The maximum atomic E-state index is 11.3. The predicted octanol–water partition coefficient (Wildman–Crippen LogP) is 3.71. The lowest BCUT2D eigenvalue weighted by Gasteiger charge is -2.14. The van der Waals surface area contributed by atoms with Crippen molar-refractivity contribution in [3.05, 3.63) is 102 Å². The van der Waals surface area contributed by atoms with Gasteiger partial charge in [-0.1, -0.05) is 78.4 Å². The molecule has 0 radical (unpaired) electrons. The molecule has 0 aliphatic rings. The second-order valence-electron chi connectivity index (χ2n) is 6.74. The van der Waals surface area contributed by atoms with Gasteiger partial charge in [0.05, 0.1) is 4.90 Å². The zero-order valence-electron chi connectivity index (χ0n) is 16.6. The topological polar surface area (TPSA) is 104 Å². The maximum Gasteiger partial charge on any atom is 0.321 e. The minimum absolute atomic E-state index is 0.0666. The zero-order valence-corrected chi connectivity index (χ0v) is 17.4. The van der Waals surface area contributed by atoms with Crippen molar-refractivity contribution in [2.24, 2.45) is 0 Å². The molecule has 0 amide bonds. The molecule has 0 bridgehead atoms. The fraction of sp³-hybridized carbons (Fsp3) is 0.174. The minimum atomic E-state index is -4.02. The van der Waals surface area contributed by atoms with Crippen LogP contribution in [0.5, 0.6) is 0 Å². The van der Waals surface area contributed by atoms with Gasteiger partial charge >= 0.3 is 5.97 Å². The van der Waals surface area contributed by atoms with E-state index in [0.717, 1.165) is 16.7 Å². The zero-order chi connectivity index (χ0) is 22.0. The van der Waals surface area contributed by atoms with Crippen molar-refractivity contribution >= 4 is 16.1 Å². The highest BCUT2D eigenvalue weighted by Crippen LogP contribution is 2.08. The van der Waals surface area contributed by atoms with Gasteiger partial charge in [0.25, 0.3) is 10.1 Å². The fourth-order valence-corrected chi connectivity index (χ4v) is 3.12. The summed E-state index contributed by atoms with van der Waals surface area (Å²) in [7, 11) is -4.02. The lowest BCUT2D eigenvalue weighted by molar-refractivity contribution is -0.139. The van der Waals surface area contributed by atoms with Crippen LogP contribution < -0.4 is 5.32 Å². The molecule has 0 aliphatic carbocycles. The highest BCUT2D eigenvalue weighted by Gasteiger charge is 2.16. The Labute approximate surface area is 177 Å². The third-order valence-electron chi connectivity index (χ3n) is 4.29. The number of carboxylic acid groups (broad SMARTS) is 1. The molecule has 3 aromatic rings. The van der Waals surface area contributed by atoms with E-state index >= 15 is 0 Å². The van der Waals surface area contributed by atoms with Crippen molar-refractivity contribution in [1.82, 2.24) is 5.32 Å². The predicted molar refractivity (Wildman–Crippen MR) is 116 cm³/mol. The van der Waals surface area contributed by atoms with Crippen LogP contribution in [0.15, 0.2) is 89.8 Å². The monoisotopic (exact) mass is 427 g/mol. The molecule has 0 heterocycles. The SMILES string of the molecule is Cc1ccc(S(=O)(=O)O)cc1.O=C(O)[C@@H](Cc1ccccc1)NCc1ccccc1. The number of carbonyl (C=O) groups is 1. The molecule has 0 aliphatic heterocycles. The summed E-state index contributed by atoms with van der Waals surface area (Å²) in [6, 6.07) is 24.9. The fourth-order valence-electron chi connectivity index (χ4n) is 2.64. The Bertz CT molecular complexity index is 1020. The summed E-state index contributed by atoms with van der Waals surface area (Å²) in [5.74, 6) is -0.820. The normalized spacial score (nSPS) is 11.8. The minimum Gasteiger partial charge on any atom is -0.480 e. The highest BCUT2D eigenvalue weighted by molar-refractivity contribution is 7.85. The molecule has 30 heavy (non-hydrogen) atoms. The molecule has 6 nitrogen and oxygen atoms in total. The molecule has 0 aromatic heterocycles. The molecule has 0 fully saturated rings. The van der Waals surface area contributed by atoms with Crippen LogP contribution >= 0.6 is 0 Å². The average Bonchev–Trinajstić information content (AvgIpc) is 2.72.